The molecule has 0 rings (SSSR count). The van der Waals surface area contributed by atoms with Crippen LogP contribution in [-0.2, 0) is 0 Å². The molecule has 2 N–H and O–H groups in total. The van der Waals surface area contributed by atoms with Gasteiger partial charge in [0.1, 0.15) is 0 Å². The summed E-state index contributed by atoms with van der Waals surface area (Å²) in [6, 6.07) is 1.36. The molecule has 0 fully saturated rings. The van der Waals surface area contributed by atoms with Crippen LogP contribution in [-0.4, -0.2) is 28.8 Å². The third-order valence-corrected chi connectivity index (χ3v) is 2.63. The highest BCUT2D eigenvalue weighted by molar-refractivity contribution is 6.33. The lowest BCUT2D eigenvalue weighted by atomic mass is 10.5. The lowest BCUT2D eigenvalue weighted by Crippen LogP contribution is -2.42. The minimum absolute atomic E-state index is 0.201. The quantitative estimate of drug-likeness (QED) is 0.427. The molecule has 0 aromatic heterocycles. The van der Waals surface area contributed by atoms with Gasteiger partial charge in [-0.25, -0.2) is 0 Å². The van der Waals surface area contributed by atoms with E-state index in [1.165, 1.54) is 6.04 Å². The molecule has 0 radical (unpaired) electrons. The Morgan fingerprint density at radius 1 is 1.20 bits per heavy atom. The van der Waals surface area contributed by atoms with E-state index in [9.17, 15) is 0 Å². The minimum atomic E-state index is 0.201. The molecule has 0 unspecified atom stereocenters. The van der Waals surface area contributed by atoms with E-state index in [0.717, 1.165) is 13.1 Å². The molecule has 2 nitrogen and oxygen atoms in total. The van der Waals surface area contributed by atoms with Crippen molar-refractivity contribution >= 4 is 9.52 Å². The van der Waals surface area contributed by atoms with E-state index in [0.29, 0.717) is 6.17 Å². The second kappa shape index (κ2) is 7.25. The summed E-state index contributed by atoms with van der Waals surface area (Å²) in [5.74, 6) is 0. The Bertz CT molecular complexity index is 54.4. The maximum absolute atomic E-state index is 3.41. The fourth-order valence-electron chi connectivity index (χ4n) is 1.06. The average Bonchev–Trinajstić information content (AvgIpc) is 1.90. The van der Waals surface area contributed by atoms with Gasteiger partial charge in [-0.2, -0.15) is 0 Å². The summed E-state index contributed by atoms with van der Waals surface area (Å²) in [6.45, 7) is 8.81. The monoisotopic (exact) mass is 160 g/mol. The van der Waals surface area contributed by atoms with Crippen molar-refractivity contribution in [3.05, 3.63) is 0 Å². The van der Waals surface area contributed by atoms with Crippen molar-refractivity contribution in [2.24, 2.45) is 0 Å². The maximum atomic E-state index is 3.41. The van der Waals surface area contributed by atoms with Gasteiger partial charge in [0.15, 0.2) is 0 Å². The van der Waals surface area contributed by atoms with Crippen molar-refractivity contribution in [3.63, 3.8) is 0 Å². The van der Waals surface area contributed by atoms with Crippen LogP contribution in [0.3, 0.4) is 0 Å². The predicted octanol–water partition coefficient (Wildman–Crippen LogP) is 0.167. The molecular weight excluding hydrogens is 140 g/mol. The van der Waals surface area contributed by atoms with Gasteiger partial charge in [-0.3, -0.25) is 0 Å². The van der Waals surface area contributed by atoms with Crippen molar-refractivity contribution in [3.8, 4) is 0 Å². The Balaban J connectivity index is 3.30. The molecule has 0 bridgehead atoms. The van der Waals surface area contributed by atoms with Gasteiger partial charge in [0.2, 0.25) is 0 Å². The van der Waals surface area contributed by atoms with Crippen LogP contribution in [0.4, 0.5) is 0 Å². The molecule has 62 valence electrons. The zero-order chi connectivity index (χ0) is 7.82. The van der Waals surface area contributed by atoms with Crippen molar-refractivity contribution in [1.29, 1.82) is 0 Å². The van der Waals surface area contributed by atoms with Crippen LogP contribution in [0.15, 0.2) is 0 Å². The molecule has 0 aromatic rings. The first-order valence-corrected chi connectivity index (χ1v) is 6.73. The molecule has 0 amide bonds. The average molecular weight is 160 g/mol. The zero-order valence-electron chi connectivity index (χ0n) is 7.41. The highest BCUT2D eigenvalue weighted by Gasteiger charge is 2.01. The Hall–Kier alpha value is 0.137. The highest BCUT2D eigenvalue weighted by atomic mass is 28.2. The smallest absolute Gasteiger partial charge is 0.0541 e. The molecule has 0 saturated heterocycles. The van der Waals surface area contributed by atoms with Crippen LogP contribution in [0.25, 0.3) is 0 Å². The van der Waals surface area contributed by atoms with Gasteiger partial charge >= 0.3 is 0 Å². The summed E-state index contributed by atoms with van der Waals surface area (Å²) in [5.41, 5.74) is 0. The highest BCUT2D eigenvalue weighted by Crippen LogP contribution is 1.85. The largest absolute Gasteiger partial charge is 0.302 e. The molecule has 0 spiro atoms. The Morgan fingerprint density at radius 2 is 1.70 bits per heavy atom. The molecule has 0 atom stereocenters. The summed E-state index contributed by atoms with van der Waals surface area (Å²) < 4.78 is 0. The van der Waals surface area contributed by atoms with Gasteiger partial charge in [0.05, 0.1) is 6.17 Å². The van der Waals surface area contributed by atoms with Crippen molar-refractivity contribution in [2.75, 3.05) is 13.1 Å². The van der Waals surface area contributed by atoms with E-state index < -0.39 is 0 Å². The third-order valence-electron chi connectivity index (χ3n) is 1.48. The van der Waals surface area contributed by atoms with E-state index >= 15 is 0 Å². The molecule has 10 heavy (non-hydrogen) atoms. The summed E-state index contributed by atoms with van der Waals surface area (Å²) in [5, 5.41) is 6.82. The number of rotatable bonds is 6. The fourth-order valence-corrected chi connectivity index (χ4v) is 2.04. The van der Waals surface area contributed by atoms with Crippen molar-refractivity contribution in [1.82, 2.24) is 10.6 Å². The van der Waals surface area contributed by atoms with Crippen LogP contribution >= 0.6 is 0 Å². The zero-order valence-corrected chi connectivity index (χ0v) is 8.82. The van der Waals surface area contributed by atoms with Gasteiger partial charge in [0.25, 0.3) is 0 Å². The number of nitrogens with one attached hydrogen (secondary N) is 2. The van der Waals surface area contributed by atoms with Gasteiger partial charge in [0, 0.05) is 9.52 Å². The molecule has 3 heteroatoms. The Kier molecular flexibility index (Phi) is 7.35. The van der Waals surface area contributed by atoms with Gasteiger partial charge in [-0.05, 0) is 19.1 Å². The molecule has 0 saturated carbocycles. The molecular formula is C7H20N2Si. The molecule has 0 aromatic carbocycles. The number of hydrogen-bond acceptors (Lipinski definition) is 2. The molecule has 0 aliphatic carbocycles. The lowest BCUT2D eigenvalue weighted by molar-refractivity contribution is 0.476. The maximum Gasteiger partial charge on any atom is 0.0541 e. The van der Waals surface area contributed by atoms with Gasteiger partial charge < -0.3 is 10.6 Å². The van der Waals surface area contributed by atoms with Crippen LogP contribution < -0.4 is 10.6 Å². The van der Waals surface area contributed by atoms with Crippen LogP contribution in [0, 0.1) is 0 Å². The fraction of sp³-hybridized carbons (Fsp3) is 1.00. The summed E-state index contributed by atoms with van der Waals surface area (Å²) in [7, 11) is 0.201. The second-order valence-electron chi connectivity index (χ2n) is 2.46. The summed E-state index contributed by atoms with van der Waals surface area (Å²) in [6.07, 6.45) is 0.590. The van der Waals surface area contributed by atoms with Crippen molar-refractivity contribution in [2.45, 2.75) is 32.6 Å². The van der Waals surface area contributed by atoms with E-state index in [-0.39, 0.29) is 9.52 Å². The second-order valence-corrected chi connectivity index (χ2v) is 4.03. The van der Waals surface area contributed by atoms with Crippen LogP contribution in [0.5, 0.6) is 0 Å². The van der Waals surface area contributed by atoms with Gasteiger partial charge in [-0.1, -0.05) is 20.4 Å². The first kappa shape index (κ1) is 10.1. The molecule has 0 heterocycles. The molecule has 0 aliphatic rings. The summed E-state index contributed by atoms with van der Waals surface area (Å²) >= 11 is 0. The normalized spacial score (nSPS) is 12.0. The third kappa shape index (κ3) is 4.96. The Labute approximate surface area is 66.6 Å². The topological polar surface area (TPSA) is 24.1 Å². The predicted molar refractivity (Wildman–Crippen MR) is 50.4 cm³/mol. The Morgan fingerprint density at radius 3 is 2.00 bits per heavy atom. The van der Waals surface area contributed by atoms with Crippen molar-refractivity contribution < 1.29 is 0 Å². The van der Waals surface area contributed by atoms with E-state index in [2.05, 4.69) is 31.0 Å². The first-order chi connectivity index (χ1) is 4.85. The van der Waals surface area contributed by atoms with Gasteiger partial charge in [-0.15, -0.1) is 0 Å². The standard InChI is InChI=1S/C7H20N2Si/c1-4-8-7(6-10-3)9-5-2/h7-9H,4-6,10H2,1-3H3. The minimum Gasteiger partial charge on any atom is -0.302 e. The lowest BCUT2D eigenvalue weighted by Gasteiger charge is -2.17. The van der Waals surface area contributed by atoms with E-state index in [4.69, 9.17) is 0 Å². The van der Waals surface area contributed by atoms with Crippen LogP contribution in [0.1, 0.15) is 13.8 Å². The van der Waals surface area contributed by atoms with E-state index in [1.807, 2.05) is 0 Å². The van der Waals surface area contributed by atoms with E-state index in [1.54, 1.807) is 0 Å². The SMILES string of the molecule is CCNC(C[SiH2]C)NCC. The molecule has 0 aliphatic heterocycles. The number of hydrogen-bond donors (Lipinski definition) is 2. The van der Waals surface area contributed by atoms with Crippen LogP contribution in [0.2, 0.25) is 12.6 Å². The summed E-state index contributed by atoms with van der Waals surface area (Å²) in [4.78, 5) is 0. The first-order valence-electron chi connectivity index (χ1n) is 4.31.